The van der Waals surface area contributed by atoms with Gasteiger partial charge >= 0.3 is 0 Å². The summed E-state index contributed by atoms with van der Waals surface area (Å²) in [5.41, 5.74) is 1.17. The van der Waals surface area contributed by atoms with Crippen molar-refractivity contribution in [3.8, 4) is 0 Å². The molecule has 0 spiro atoms. The van der Waals surface area contributed by atoms with Crippen LogP contribution in [0, 0.1) is 0 Å². The Morgan fingerprint density at radius 1 is 1.28 bits per heavy atom. The molecule has 0 aliphatic carbocycles. The highest BCUT2D eigenvalue weighted by atomic mass is 79.9. The van der Waals surface area contributed by atoms with Gasteiger partial charge in [-0.2, -0.15) is 0 Å². The van der Waals surface area contributed by atoms with Crippen LogP contribution in [0.1, 0.15) is 30.4 Å². The fraction of sp³-hybridized carbons (Fsp3) is 0.286. The number of nitrogens with one attached hydrogen (secondary N) is 1. The molecule has 4 heteroatoms. The second kappa shape index (κ2) is 6.18. The number of aliphatic hydroxyl groups is 1. The lowest BCUT2D eigenvalue weighted by Crippen LogP contribution is -2.24. The molecule has 2 atom stereocenters. The highest BCUT2D eigenvalue weighted by Crippen LogP contribution is 2.23. The molecule has 0 fully saturated rings. The number of aliphatic hydroxyl groups excluding tert-OH is 1. The third kappa shape index (κ3) is 3.22. The van der Waals surface area contributed by atoms with Gasteiger partial charge in [0.25, 0.3) is 0 Å². The van der Waals surface area contributed by atoms with E-state index in [1.807, 2.05) is 18.2 Å². The van der Waals surface area contributed by atoms with Gasteiger partial charge in [0, 0.05) is 17.1 Å². The van der Waals surface area contributed by atoms with E-state index in [1.165, 1.54) is 5.56 Å². The van der Waals surface area contributed by atoms with Crippen LogP contribution < -0.4 is 5.32 Å². The smallest absolute Gasteiger partial charge is 0.133 e. The molecule has 18 heavy (non-hydrogen) atoms. The first-order chi connectivity index (χ1) is 8.68. The van der Waals surface area contributed by atoms with Crippen molar-refractivity contribution in [3.63, 3.8) is 0 Å². The zero-order valence-corrected chi connectivity index (χ0v) is 11.7. The summed E-state index contributed by atoms with van der Waals surface area (Å²) in [4.78, 5) is 0. The minimum atomic E-state index is -0.620. The van der Waals surface area contributed by atoms with Crippen molar-refractivity contribution in [2.24, 2.45) is 0 Å². The number of hydrogen-bond donors (Lipinski definition) is 2. The van der Waals surface area contributed by atoms with E-state index >= 15 is 0 Å². The predicted molar refractivity (Wildman–Crippen MR) is 74.2 cm³/mol. The van der Waals surface area contributed by atoms with Crippen molar-refractivity contribution in [2.75, 3.05) is 6.54 Å². The molecule has 0 radical (unpaired) electrons. The van der Waals surface area contributed by atoms with E-state index in [4.69, 9.17) is 4.42 Å². The summed E-state index contributed by atoms with van der Waals surface area (Å²) in [7, 11) is 0. The van der Waals surface area contributed by atoms with Crippen molar-refractivity contribution in [2.45, 2.75) is 19.1 Å². The minimum absolute atomic E-state index is 0.158. The summed E-state index contributed by atoms with van der Waals surface area (Å²) in [6.07, 6.45) is 0.945. The van der Waals surface area contributed by atoms with Crippen LogP contribution in [0.15, 0.2) is 51.6 Å². The number of hydrogen-bond acceptors (Lipinski definition) is 3. The zero-order valence-electron chi connectivity index (χ0n) is 10.1. The summed E-state index contributed by atoms with van der Waals surface area (Å²) in [5.74, 6) is 0.585. The number of halogens is 1. The molecule has 0 bridgehead atoms. The predicted octanol–water partition coefficient (Wildman–Crippen LogP) is 3.43. The molecule has 2 rings (SSSR count). The standard InChI is InChI=1S/C14H16BrNO2/c1-10(11-5-2-3-6-12(11)15)16-9-13(17)14-7-4-8-18-14/h2-8,10,13,16-17H,9H2,1H3/t10-,13?/m0/s1. The number of benzene rings is 1. The van der Waals surface area contributed by atoms with Gasteiger partial charge in [-0.3, -0.25) is 0 Å². The van der Waals surface area contributed by atoms with Gasteiger partial charge in [-0.25, -0.2) is 0 Å². The van der Waals surface area contributed by atoms with Gasteiger partial charge in [-0.15, -0.1) is 0 Å². The largest absolute Gasteiger partial charge is 0.467 e. The SMILES string of the molecule is C[C@H](NCC(O)c1ccco1)c1ccccc1Br. The highest BCUT2D eigenvalue weighted by molar-refractivity contribution is 9.10. The average Bonchev–Trinajstić information content (AvgIpc) is 2.90. The zero-order chi connectivity index (χ0) is 13.0. The quantitative estimate of drug-likeness (QED) is 0.889. The van der Waals surface area contributed by atoms with Gasteiger partial charge in [0.1, 0.15) is 11.9 Å². The third-order valence-electron chi connectivity index (χ3n) is 2.86. The molecule has 0 saturated heterocycles. The molecule has 1 aromatic carbocycles. The van der Waals surface area contributed by atoms with Crippen LogP contribution in [0.4, 0.5) is 0 Å². The van der Waals surface area contributed by atoms with Crippen LogP contribution in [-0.2, 0) is 0 Å². The van der Waals surface area contributed by atoms with E-state index in [-0.39, 0.29) is 6.04 Å². The molecular formula is C14H16BrNO2. The molecule has 0 aliphatic heterocycles. The Hall–Kier alpha value is -1.10. The van der Waals surface area contributed by atoms with Gasteiger partial charge in [-0.1, -0.05) is 34.1 Å². The molecule has 0 amide bonds. The normalized spacial score (nSPS) is 14.4. The maximum absolute atomic E-state index is 9.91. The van der Waals surface area contributed by atoms with Crippen LogP contribution in [-0.4, -0.2) is 11.7 Å². The lowest BCUT2D eigenvalue weighted by molar-refractivity contribution is 0.144. The van der Waals surface area contributed by atoms with Gasteiger partial charge in [0.2, 0.25) is 0 Å². The summed E-state index contributed by atoms with van der Waals surface area (Å²) in [6, 6.07) is 11.8. The highest BCUT2D eigenvalue weighted by Gasteiger charge is 2.13. The fourth-order valence-electron chi connectivity index (χ4n) is 1.81. The van der Waals surface area contributed by atoms with E-state index in [0.717, 1.165) is 4.47 Å². The van der Waals surface area contributed by atoms with Crippen molar-refractivity contribution >= 4 is 15.9 Å². The summed E-state index contributed by atoms with van der Waals surface area (Å²) >= 11 is 3.52. The molecule has 1 heterocycles. The Bertz CT molecular complexity index is 484. The van der Waals surface area contributed by atoms with Crippen molar-refractivity contribution in [1.82, 2.24) is 5.32 Å². The molecule has 1 unspecified atom stereocenters. The molecule has 1 aromatic heterocycles. The lowest BCUT2D eigenvalue weighted by Gasteiger charge is -2.17. The van der Waals surface area contributed by atoms with Gasteiger partial charge < -0.3 is 14.8 Å². The van der Waals surface area contributed by atoms with Crippen LogP contribution in [0.25, 0.3) is 0 Å². The van der Waals surface area contributed by atoms with Crippen molar-refractivity contribution in [1.29, 1.82) is 0 Å². The third-order valence-corrected chi connectivity index (χ3v) is 3.58. The summed E-state index contributed by atoms with van der Waals surface area (Å²) in [6.45, 7) is 2.52. The minimum Gasteiger partial charge on any atom is -0.467 e. The monoisotopic (exact) mass is 309 g/mol. The van der Waals surface area contributed by atoms with E-state index in [9.17, 15) is 5.11 Å². The summed E-state index contributed by atoms with van der Waals surface area (Å²) < 4.78 is 6.22. The van der Waals surface area contributed by atoms with E-state index in [0.29, 0.717) is 12.3 Å². The molecule has 96 valence electrons. The van der Waals surface area contributed by atoms with Gasteiger partial charge in [0.15, 0.2) is 0 Å². The maximum Gasteiger partial charge on any atom is 0.133 e. The van der Waals surface area contributed by atoms with Crippen molar-refractivity contribution < 1.29 is 9.52 Å². The Balaban J connectivity index is 1.93. The Kier molecular flexibility index (Phi) is 4.58. The second-order valence-electron chi connectivity index (χ2n) is 4.18. The van der Waals surface area contributed by atoms with Gasteiger partial charge in [-0.05, 0) is 30.7 Å². The fourth-order valence-corrected chi connectivity index (χ4v) is 2.43. The second-order valence-corrected chi connectivity index (χ2v) is 5.04. The average molecular weight is 310 g/mol. The number of furan rings is 1. The Labute approximate surface area is 115 Å². The molecule has 0 aliphatic rings. The van der Waals surface area contributed by atoms with E-state index in [1.54, 1.807) is 18.4 Å². The molecular weight excluding hydrogens is 294 g/mol. The first kappa shape index (κ1) is 13.3. The van der Waals surface area contributed by atoms with Crippen LogP contribution >= 0.6 is 15.9 Å². The van der Waals surface area contributed by atoms with Crippen molar-refractivity contribution in [3.05, 3.63) is 58.5 Å². The molecule has 2 N–H and O–H groups in total. The summed E-state index contributed by atoms with van der Waals surface area (Å²) in [5, 5.41) is 13.2. The van der Waals surface area contributed by atoms with E-state index in [2.05, 4.69) is 34.2 Å². The lowest BCUT2D eigenvalue weighted by atomic mass is 10.1. The van der Waals surface area contributed by atoms with E-state index < -0.39 is 6.10 Å². The van der Waals surface area contributed by atoms with Crippen LogP contribution in [0.5, 0.6) is 0 Å². The Morgan fingerprint density at radius 3 is 2.72 bits per heavy atom. The number of rotatable bonds is 5. The van der Waals surface area contributed by atoms with Crippen LogP contribution in [0.3, 0.4) is 0 Å². The first-order valence-corrected chi connectivity index (χ1v) is 6.67. The molecule has 3 nitrogen and oxygen atoms in total. The maximum atomic E-state index is 9.91. The first-order valence-electron chi connectivity index (χ1n) is 5.87. The topological polar surface area (TPSA) is 45.4 Å². The molecule has 2 aromatic rings. The van der Waals surface area contributed by atoms with Gasteiger partial charge in [0.05, 0.1) is 6.26 Å². The van der Waals surface area contributed by atoms with Crippen LogP contribution in [0.2, 0.25) is 0 Å². The molecule has 0 saturated carbocycles. The Morgan fingerprint density at radius 2 is 2.06 bits per heavy atom.